The Kier molecular flexibility index (Phi) is 2.51. The quantitative estimate of drug-likeness (QED) is 0.809. The van der Waals surface area contributed by atoms with E-state index >= 15 is 0 Å². The van der Waals surface area contributed by atoms with Gasteiger partial charge in [-0.15, -0.1) is 0 Å². The minimum atomic E-state index is 0.631. The summed E-state index contributed by atoms with van der Waals surface area (Å²) in [5.74, 6) is 1.37. The van der Waals surface area contributed by atoms with Gasteiger partial charge in [0.15, 0.2) is 5.82 Å². The molecular weight excluding hydrogens is 210 g/mol. The van der Waals surface area contributed by atoms with Gasteiger partial charge >= 0.3 is 0 Å². The Morgan fingerprint density at radius 3 is 2.87 bits per heavy atom. The predicted molar refractivity (Wildman–Crippen MR) is 61.3 cm³/mol. The third-order valence-corrected chi connectivity index (χ3v) is 2.68. The van der Waals surface area contributed by atoms with Crippen LogP contribution in [0, 0.1) is 13.8 Å². The van der Waals surface area contributed by atoms with E-state index < -0.39 is 0 Å². The summed E-state index contributed by atoms with van der Waals surface area (Å²) in [5.41, 5.74) is 7.51. The second-order valence-electron chi connectivity index (χ2n) is 3.16. The molecule has 3 N–H and O–H groups in total. The largest absolute Gasteiger partial charge is 0.396 e. The molecule has 0 spiro atoms. The van der Waals surface area contributed by atoms with E-state index in [9.17, 15) is 0 Å². The normalized spacial score (nSPS) is 10.3. The van der Waals surface area contributed by atoms with Gasteiger partial charge in [-0.1, -0.05) is 0 Å². The lowest BCUT2D eigenvalue weighted by atomic mass is 10.2. The van der Waals surface area contributed by atoms with Gasteiger partial charge in [0.2, 0.25) is 5.13 Å². The first-order valence-electron chi connectivity index (χ1n) is 4.45. The number of anilines is 3. The fourth-order valence-electron chi connectivity index (χ4n) is 1.12. The number of pyridine rings is 1. The number of nitrogen functional groups attached to an aromatic ring is 1. The van der Waals surface area contributed by atoms with Crippen molar-refractivity contribution in [3.8, 4) is 0 Å². The number of hydrogen-bond acceptors (Lipinski definition) is 6. The van der Waals surface area contributed by atoms with Crippen LogP contribution in [0.4, 0.5) is 16.6 Å². The molecule has 0 saturated carbocycles. The molecule has 15 heavy (non-hydrogen) atoms. The van der Waals surface area contributed by atoms with Crippen LogP contribution >= 0.6 is 11.5 Å². The SMILES string of the molecule is Cc1nsc(Nc2nccc(C)c2N)n1. The van der Waals surface area contributed by atoms with Gasteiger partial charge in [0.1, 0.15) is 5.82 Å². The smallest absolute Gasteiger partial charge is 0.208 e. The highest BCUT2D eigenvalue weighted by Crippen LogP contribution is 2.23. The molecule has 6 heteroatoms. The molecule has 0 radical (unpaired) electrons. The van der Waals surface area contributed by atoms with Crippen LogP contribution in [0.25, 0.3) is 0 Å². The summed E-state index contributed by atoms with van der Waals surface area (Å²) in [4.78, 5) is 8.32. The third kappa shape index (κ3) is 2.04. The third-order valence-electron chi connectivity index (χ3n) is 1.96. The Bertz CT molecular complexity index is 479. The summed E-state index contributed by atoms with van der Waals surface area (Å²) in [6.45, 7) is 3.78. The van der Waals surface area contributed by atoms with Gasteiger partial charge in [0, 0.05) is 17.7 Å². The molecule has 2 rings (SSSR count). The molecule has 0 bridgehead atoms. The molecule has 0 aliphatic heterocycles. The van der Waals surface area contributed by atoms with Crippen molar-refractivity contribution >= 4 is 28.2 Å². The number of nitrogens with one attached hydrogen (secondary N) is 1. The molecule has 0 fully saturated rings. The summed E-state index contributed by atoms with van der Waals surface area (Å²) in [7, 11) is 0. The van der Waals surface area contributed by atoms with Crippen LogP contribution in [0.1, 0.15) is 11.4 Å². The molecule has 0 saturated heterocycles. The molecule has 0 unspecified atom stereocenters. The highest BCUT2D eigenvalue weighted by Gasteiger charge is 2.06. The summed E-state index contributed by atoms with van der Waals surface area (Å²) in [6.07, 6.45) is 1.71. The number of nitrogens with zero attached hydrogens (tertiary/aromatic N) is 3. The second-order valence-corrected chi connectivity index (χ2v) is 3.91. The van der Waals surface area contributed by atoms with Gasteiger partial charge in [0.05, 0.1) is 5.69 Å². The van der Waals surface area contributed by atoms with Crippen molar-refractivity contribution in [2.24, 2.45) is 0 Å². The molecule has 0 aromatic carbocycles. The van der Waals surface area contributed by atoms with Crippen LogP contribution in [-0.4, -0.2) is 14.3 Å². The van der Waals surface area contributed by atoms with E-state index in [0.29, 0.717) is 16.6 Å². The van der Waals surface area contributed by atoms with Crippen LogP contribution in [0.15, 0.2) is 12.3 Å². The van der Waals surface area contributed by atoms with Crippen LogP contribution in [0.5, 0.6) is 0 Å². The van der Waals surface area contributed by atoms with Gasteiger partial charge in [-0.2, -0.15) is 4.37 Å². The van der Waals surface area contributed by atoms with Crippen molar-refractivity contribution in [1.82, 2.24) is 14.3 Å². The summed E-state index contributed by atoms with van der Waals surface area (Å²) >= 11 is 1.29. The van der Waals surface area contributed by atoms with E-state index in [2.05, 4.69) is 19.7 Å². The average Bonchev–Trinajstić information content (AvgIpc) is 2.59. The van der Waals surface area contributed by atoms with Crippen molar-refractivity contribution in [1.29, 1.82) is 0 Å². The van der Waals surface area contributed by atoms with E-state index in [-0.39, 0.29) is 0 Å². The highest BCUT2D eigenvalue weighted by atomic mass is 32.1. The summed E-state index contributed by atoms with van der Waals surface area (Å²) < 4.78 is 4.06. The molecule has 5 nitrogen and oxygen atoms in total. The maximum Gasteiger partial charge on any atom is 0.208 e. The van der Waals surface area contributed by atoms with E-state index in [1.807, 2.05) is 19.9 Å². The number of nitrogens with two attached hydrogens (primary N) is 1. The van der Waals surface area contributed by atoms with Crippen LogP contribution in [-0.2, 0) is 0 Å². The van der Waals surface area contributed by atoms with Crippen molar-refractivity contribution in [2.75, 3.05) is 11.1 Å². The minimum Gasteiger partial charge on any atom is -0.396 e. The number of aromatic nitrogens is 3. The van der Waals surface area contributed by atoms with Crippen molar-refractivity contribution in [3.05, 3.63) is 23.7 Å². The Hall–Kier alpha value is -1.69. The van der Waals surface area contributed by atoms with Crippen molar-refractivity contribution < 1.29 is 0 Å². The molecule has 2 heterocycles. The lowest BCUT2D eigenvalue weighted by Gasteiger charge is -2.06. The van der Waals surface area contributed by atoms with E-state index in [0.717, 1.165) is 11.4 Å². The zero-order valence-corrected chi connectivity index (χ0v) is 9.30. The van der Waals surface area contributed by atoms with Crippen LogP contribution in [0.3, 0.4) is 0 Å². The predicted octanol–water partition coefficient (Wildman–Crippen LogP) is 1.88. The zero-order valence-electron chi connectivity index (χ0n) is 8.48. The van der Waals surface area contributed by atoms with Crippen LogP contribution in [0.2, 0.25) is 0 Å². The maximum atomic E-state index is 5.87. The molecular formula is C9H11N5S. The number of rotatable bonds is 2. The minimum absolute atomic E-state index is 0.631. The Morgan fingerprint density at radius 2 is 2.20 bits per heavy atom. The van der Waals surface area contributed by atoms with E-state index in [1.54, 1.807) is 6.20 Å². The van der Waals surface area contributed by atoms with Gasteiger partial charge in [-0.05, 0) is 25.5 Å². The number of hydrogen-bond donors (Lipinski definition) is 2. The molecule has 0 aliphatic rings. The highest BCUT2D eigenvalue weighted by molar-refractivity contribution is 7.09. The van der Waals surface area contributed by atoms with Gasteiger partial charge < -0.3 is 11.1 Å². The Balaban J connectivity index is 2.28. The molecule has 2 aromatic heterocycles. The number of aryl methyl sites for hydroxylation is 2. The van der Waals surface area contributed by atoms with Crippen LogP contribution < -0.4 is 11.1 Å². The first-order valence-corrected chi connectivity index (χ1v) is 5.22. The molecule has 0 amide bonds. The average molecular weight is 221 g/mol. The fraction of sp³-hybridized carbons (Fsp3) is 0.222. The van der Waals surface area contributed by atoms with E-state index in [4.69, 9.17) is 5.73 Å². The lowest BCUT2D eigenvalue weighted by molar-refractivity contribution is 1.16. The van der Waals surface area contributed by atoms with Gasteiger partial charge in [0.25, 0.3) is 0 Å². The maximum absolute atomic E-state index is 5.87. The summed E-state index contributed by atoms with van der Waals surface area (Å²) in [6, 6.07) is 1.87. The van der Waals surface area contributed by atoms with Gasteiger partial charge in [-0.25, -0.2) is 9.97 Å². The molecule has 0 atom stereocenters. The first-order chi connectivity index (χ1) is 7.16. The van der Waals surface area contributed by atoms with Crippen molar-refractivity contribution in [3.63, 3.8) is 0 Å². The monoisotopic (exact) mass is 221 g/mol. The Morgan fingerprint density at radius 1 is 1.40 bits per heavy atom. The van der Waals surface area contributed by atoms with Gasteiger partial charge in [-0.3, -0.25) is 0 Å². The molecule has 0 aliphatic carbocycles. The standard InChI is InChI=1S/C9H11N5S/c1-5-3-4-11-8(7(5)10)13-9-12-6(2)14-15-9/h3-4H,10H2,1-2H3,(H,11,12,13,14). The topological polar surface area (TPSA) is 76.7 Å². The fourth-order valence-corrected chi connectivity index (χ4v) is 1.69. The second kappa shape index (κ2) is 3.82. The van der Waals surface area contributed by atoms with Crippen molar-refractivity contribution in [2.45, 2.75) is 13.8 Å². The summed E-state index contributed by atoms with van der Waals surface area (Å²) in [5, 5.41) is 3.75. The molecule has 2 aromatic rings. The first kappa shape index (κ1) is 9.85. The molecule has 78 valence electrons. The lowest BCUT2D eigenvalue weighted by Crippen LogP contribution is -2.00. The zero-order chi connectivity index (χ0) is 10.8. The van der Waals surface area contributed by atoms with E-state index in [1.165, 1.54) is 11.5 Å². The Labute approximate surface area is 91.5 Å².